The molecule has 1 spiro atoms. The lowest BCUT2D eigenvalue weighted by molar-refractivity contribution is -0.115. The highest BCUT2D eigenvalue weighted by Gasteiger charge is 2.34. The molecule has 0 saturated heterocycles. The number of carbonyl (C=O) groups excluding carboxylic acids is 1. The van der Waals surface area contributed by atoms with Crippen LogP contribution >= 0.6 is 0 Å². The predicted octanol–water partition coefficient (Wildman–Crippen LogP) is 10.5. The van der Waals surface area contributed by atoms with Gasteiger partial charge in [-0.05, 0) is 71.0 Å². The monoisotopic (exact) mass is 547 g/mol. The molecule has 1 unspecified atom stereocenters. The summed E-state index contributed by atoms with van der Waals surface area (Å²) >= 11 is 0. The topological polar surface area (TPSA) is 20.3 Å². The maximum atomic E-state index is 12.8. The van der Waals surface area contributed by atoms with Crippen molar-refractivity contribution in [3.8, 4) is 0 Å². The minimum atomic E-state index is -0.282. The average molecular weight is 548 g/mol. The first kappa shape index (κ1) is 37.0. The van der Waals surface area contributed by atoms with Gasteiger partial charge in [0.1, 0.15) is 5.83 Å². The number of carbonyl (C=O) groups is 1. The molecule has 1 aromatic carbocycles. The molecule has 1 aliphatic carbocycles. The second kappa shape index (κ2) is 21.7. The number of benzene rings is 1. The summed E-state index contributed by atoms with van der Waals surface area (Å²) in [6.45, 7) is 22.4. The van der Waals surface area contributed by atoms with E-state index >= 15 is 0 Å². The smallest absolute Gasteiger partial charge is 0.159 e. The normalized spacial score (nSPS) is 18.8. The Morgan fingerprint density at radius 3 is 2.23 bits per heavy atom. The Morgan fingerprint density at radius 2 is 1.75 bits per heavy atom. The van der Waals surface area contributed by atoms with Crippen molar-refractivity contribution in [1.29, 1.82) is 0 Å². The Balaban J connectivity index is 0.000000605. The molecule has 1 heterocycles. The lowest BCUT2D eigenvalue weighted by Gasteiger charge is -2.36. The van der Waals surface area contributed by atoms with Crippen LogP contribution in [-0.4, -0.2) is 24.3 Å². The molecule has 0 aromatic heterocycles. The van der Waals surface area contributed by atoms with Crippen molar-refractivity contribution in [1.82, 2.24) is 4.90 Å². The lowest BCUT2D eigenvalue weighted by atomic mass is 9.72. The SMILES string of the molecule is C=C/C=C(\C/C(F)=C\C)C(=O)CC.C=C/C=C/C.C=CCC.CC1=CC2(CCC1)Cc1ccccc1CN(C)C2. The number of ketones is 1. The lowest BCUT2D eigenvalue weighted by Crippen LogP contribution is -2.35. The molecule has 220 valence electrons. The van der Waals surface area contributed by atoms with Crippen LogP contribution in [0.3, 0.4) is 0 Å². The molecular weight excluding hydrogens is 493 g/mol. The van der Waals surface area contributed by atoms with Crippen molar-refractivity contribution in [3.63, 3.8) is 0 Å². The third-order valence-corrected chi connectivity index (χ3v) is 6.77. The van der Waals surface area contributed by atoms with Gasteiger partial charge in [0.15, 0.2) is 5.78 Å². The van der Waals surface area contributed by atoms with E-state index in [1.54, 1.807) is 37.1 Å². The van der Waals surface area contributed by atoms with E-state index in [1.807, 2.05) is 25.2 Å². The quantitative estimate of drug-likeness (QED) is 0.192. The number of fused-ring (bicyclic) bond motifs is 1. The van der Waals surface area contributed by atoms with Crippen LogP contribution in [-0.2, 0) is 17.8 Å². The van der Waals surface area contributed by atoms with Gasteiger partial charge in [0.2, 0.25) is 0 Å². The Morgan fingerprint density at radius 1 is 1.10 bits per heavy atom. The number of Topliss-reactive ketones (excluding diaryl/α,β-unsaturated/α-hetero) is 1. The minimum Gasteiger partial charge on any atom is -0.301 e. The third-order valence-electron chi connectivity index (χ3n) is 6.77. The van der Waals surface area contributed by atoms with E-state index in [-0.39, 0.29) is 18.0 Å². The van der Waals surface area contributed by atoms with Crippen LogP contribution in [0.25, 0.3) is 0 Å². The fraction of sp³-hybridized carbons (Fsp3) is 0.432. The molecule has 0 bridgehead atoms. The highest BCUT2D eigenvalue weighted by atomic mass is 19.1. The molecule has 0 radical (unpaired) electrons. The van der Waals surface area contributed by atoms with Gasteiger partial charge >= 0.3 is 0 Å². The number of allylic oxidation sites excluding steroid dienone is 10. The minimum absolute atomic E-state index is 0.0306. The Labute approximate surface area is 245 Å². The van der Waals surface area contributed by atoms with Crippen LogP contribution in [0.1, 0.15) is 84.3 Å². The van der Waals surface area contributed by atoms with Gasteiger partial charge in [-0.1, -0.05) is 105 Å². The van der Waals surface area contributed by atoms with Gasteiger partial charge in [-0.2, -0.15) is 0 Å². The molecule has 1 aliphatic heterocycles. The highest BCUT2D eigenvalue weighted by molar-refractivity contribution is 5.95. The number of hydrogen-bond donors (Lipinski definition) is 0. The van der Waals surface area contributed by atoms with Crippen molar-refractivity contribution in [2.24, 2.45) is 5.41 Å². The van der Waals surface area contributed by atoms with Crippen molar-refractivity contribution in [2.45, 2.75) is 86.1 Å². The van der Waals surface area contributed by atoms with E-state index in [0.29, 0.717) is 17.4 Å². The van der Waals surface area contributed by atoms with Crippen LogP contribution in [0, 0.1) is 5.41 Å². The van der Waals surface area contributed by atoms with Crippen molar-refractivity contribution in [2.75, 3.05) is 13.6 Å². The first-order valence-corrected chi connectivity index (χ1v) is 14.6. The number of hydrogen-bond acceptors (Lipinski definition) is 2. The molecule has 2 nitrogen and oxygen atoms in total. The Kier molecular flexibility index (Phi) is 20.1. The fourth-order valence-corrected chi connectivity index (χ4v) is 4.89. The summed E-state index contributed by atoms with van der Waals surface area (Å²) in [5, 5.41) is 0. The Hall–Kier alpha value is -3.04. The molecule has 40 heavy (non-hydrogen) atoms. The number of nitrogens with zero attached hydrogens (tertiary/aromatic N) is 1. The van der Waals surface area contributed by atoms with Gasteiger partial charge in [-0.3, -0.25) is 4.79 Å². The van der Waals surface area contributed by atoms with Crippen LogP contribution < -0.4 is 0 Å². The van der Waals surface area contributed by atoms with Crippen LogP contribution in [0.5, 0.6) is 0 Å². The molecule has 2 aliphatic rings. The average Bonchev–Trinajstić information content (AvgIpc) is 3.07. The summed E-state index contributed by atoms with van der Waals surface area (Å²) in [4.78, 5) is 13.7. The summed E-state index contributed by atoms with van der Waals surface area (Å²) < 4.78 is 12.8. The van der Waals surface area contributed by atoms with Crippen LogP contribution in [0.2, 0.25) is 0 Å². The second-order valence-electron chi connectivity index (χ2n) is 10.4. The maximum Gasteiger partial charge on any atom is 0.159 e. The second-order valence-corrected chi connectivity index (χ2v) is 10.4. The van der Waals surface area contributed by atoms with E-state index < -0.39 is 0 Å². The molecule has 3 rings (SSSR count). The summed E-state index contributed by atoms with van der Waals surface area (Å²) in [6, 6.07) is 8.99. The summed E-state index contributed by atoms with van der Waals surface area (Å²) in [7, 11) is 2.27. The number of halogens is 1. The molecule has 0 amide bonds. The molecular formula is C37H54FNO. The molecule has 0 saturated carbocycles. The highest BCUT2D eigenvalue weighted by Crippen LogP contribution is 2.40. The molecule has 0 N–H and O–H groups in total. The van der Waals surface area contributed by atoms with Gasteiger partial charge in [0.25, 0.3) is 0 Å². The zero-order chi connectivity index (χ0) is 30.4. The number of rotatable bonds is 7. The van der Waals surface area contributed by atoms with E-state index in [9.17, 15) is 9.18 Å². The van der Waals surface area contributed by atoms with Gasteiger partial charge in [0, 0.05) is 36.9 Å². The first-order valence-electron chi connectivity index (χ1n) is 14.6. The van der Waals surface area contributed by atoms with Crippen LogP contribution in [0.15, 0.2) is 110 Å². The molecule has 1 aromatic rings. The van der Waals surface area contributed by atoms with Gasteiger partial charge in [-0.15, -0.1) is 6.58 Å². The van der Waals surface area contributed by atoms with Gasteiger partial charge in [0.05, 0.1) is 0 Å². The van der Waals surface area contributed by atoms with Crippen molar-refractivity contribution >= 4 is 5.78 Å². The maximum absolute atomic E-state index is 12.8. The third kappa shape index (κ3) is 14.9. The van der Waals surface area contributed by atoms with Gasteiger partial charge in [-0.25, -0.2) is 4.39 Å². The van der Waals surface area contributed by atoms with E-state index in [2.05, 4.69) is 75.9 Å². The van der Waals surface area contributed by atoms with Crippen LogP contribution in [0.4, 0.5) is 4.39 Å². The summed E-state index contributed by atoms with van der Waals surface area (Å²) in [6.07, 6.45) is 21.3. The van der Waals surface area contributed by atoms with Crippen molar-refractivity contribution < 1.29 is 9.18 Å². The van der Waals surface area contributed by atoms with Gasteiger partial charge < -0.3 is 4.90 Å². The standard InChI is InChI=1S/C17H23N.C11H15FO.C5H8.C4H8/c1-14-6-5-9-17(10-14)11-15-7-3-4-8-16(15)12-18(2)13-17;1-4-7-9(11(13)6-3)8-10(12)5-2;1-3-5-4-2;1-3-4-2/h3-4,7-8,10H,5-6,9,11-13H2,1-2H3;4-5,7H,1,6,8H2,2-3H3;3-5H,1H2,2H3;3H,1,4H2,2H3/b;9-7+,10-5+;5-4+;. The molecule has 3 heteroatoms. The Bertz CT molecular complexity index is 1040. The predicted molar refractivity (Wildman–Crippen MR) is 175 cm³/mol. The largest absolute Gasteiger partial charge is 0.301 e. The first-order chi connectivity index (χ1) is 19.1. The summed E-state index contributed by atoms with van der Waals surface area (Å²) in [5.41, 5.74) is 5.55. The summed E-state index contributed by atoms with van der Waals surface area (Å²) in [5.74, 6) is -0.313. The fourth-order valence-electron chi connectivity index (χ4n) is 4.89. The van der Waals surface area contributed by atoms with E-state index in [1.165, 1.54) is 49.9 Å². The zero-order valence-electron chi connectivity index (χ0n) is 26.1. The van der Waals surface area contributed by atoms with Crippen molar-refractivity contribution in [3.05, 3.63) is 121 Å². The molecule has 1 atom stereocenters. The van der Waals surface area contributed by atoms with E-state index in [4.69, 9.17) is 0 Å². The van der Waals surface area contributed by atoms with E-state index in [0.717, 1.165) is 13.0 Å². The zero-order valence-corrected chi connectivity index (χ0v) is 26.1. The molecule has 0 fully saturated rings.